The molecule has 2 aromatic carbocycles. The Morgan fingerprint density at radius 1 is 1.19 bits per heavy atom. The van der Waals surface area contributed by atoms with Gasteiger partial charge in [-0.15, -0.1) is 12.3 Å². The fourth-order valence-electron chi connectivity index (χ4n) is 2.48. The van der Waals surface area contributed by atoms with E-state index in [0.29, 0.717) is 10.6 Å². The Hall–Kier alpha value is -2.33. The first kappa shape index (κ1) is 20.0. The Kier molecular flexibility index (Phi) is 6.43. The van der Waals surface area contributed by atoms with Crippen LogP contribution in [0.5, 0.6) is 0 Å². The van der Waals surface area contributed by atoms with Crippen LogP contribution in [0.3, 0.4) is 0 Å². The Morgan fingerprint density at radius 2 is 1.77 bits per heavy atom. The fraction of sp³-hybridized carbons (Fsp3) is 0.211. The summed E-state index contributed by atoms with van der Waals surface area (Å²) in [7, 11) is -3.95. The third-order valence-corrected chi connectivity index (χ3v) is 5.61. The zero-order chi connectivity index (χ0) is 19.3. The van der Waals surface area contributed by atoms with Gasteiger partial charge in [-0.3, -0.25) is 4.79 Å². The van der Waals surface area contributed by atoms with Gasteiger partial charge >= 0.3 is 5.97 Å². The maximum atomic E-state index is 12.7. The minimum absolute atomic E-state index is 0.0481. The molecule has 2 N–H and O–H groups in total. The van der Waals surface area contributed by atoms with E-state index < -0.39 is 28.0 Å². The molecule has 0 fully saturated rings. The Balaban J connectivity index is 2.46. The van der Waals surface area contributed by atoms with E-state index in [1.54, 1.807) is 36.4 Å². The number of halogens is 1. The van der Waals surface area contributed by atoms with Crippen LogP contribution in [0.25, 0.3) is 0 Å². The summed E-state index contributed by atoms with van der Waals surface area (Å²) in [5, 5.41) is 9.99. The minimum Gasteiger partial charge on any atom is -0.481 e. The molecule has 136 valence electrons. The number of nitrogens with one attached hydrogen (secondary N) is 1. The van der Waals surface area contributed by atoms with Crippen LogP contribution in [0.4, 0.5) is 0 Å². The second-order valence-electron chi connectivity index (χ2n) is 5.82. The molecule has 0 aliphatic rings. The molecule has 0 radical (unpaired) electrons. The SMILES string of the molecule is C#CC[C@@H](C(=O)O)[C@H](NS(=O)(=O)c1ccc(C)cc1)c1ccc(Cl)cc1. The molecule has 0 aliphatic carbocycles. The highest BCUT2D eigenvalue weighted by Crippen LogP contribution is 2.28. The minimum atomic E-state index is -3.95. The van der Waals surface area contributed by atoms with Crippen molar-refractivity contribution in [1.82, 2.24) is 4.72 Å². The topological polar surface area (TPSA) is 83.5 Å². The van der Waals surface area contributed by atoms with Crippen molar-refractivity contribution in [2.75, 3.05) is 0 Å². The van der Waals surface area contributed by atoms with Gasteiger partial charge in [0.15, 0.2) is 0 Å². The number of rotatable bonds is 7. The Morgan fingerprint density at radius 3 is 2.27 bits per heavy atom. The lowest BCUT2D eigenvalue weighted by molar-refractivity contribution is -0.142. The number of benzene rings is 2. The van der Waals surface area contributed by atoms with Crippen molar-refractivity contribution in [3.63, 3.8) is 0 Å². The smallest absolute Gasteiger partial charge is 0.309 e. The molecule has 0 heterocycles. The highest BCUT2D eigenvalue weighted by Gasteiger charge is 2.32. The fourth-order valence-corrected chi connectivity index (χ4v) is 3.87. The molecule has 2 aromatic rings. The largest absolute Gasteiger partial charge is 0.481 e. The van der Waals surface area contributed by atoms with Crippen molar-refractivity contribution in [3.8, 4) is 12.3 Å². The monoisotopic (exact) mass is 391 g/mol. The number of aliphatic carboxylic acids is 1. The number of carboxylic acid groups (broad SMARTS) is 1. The molecule has 2 atom stereocenters. The van der Waals surface area contributed by atoms with Gasteiger partial charge in [0.25, 0.3) is 0 Å². The summed E-state index contributed by atoms with van der Waals surface area (Å²) in [6.07, 6.45) is 5.16. The quantitative estimate of drug-likeness (QED) is 0.708. The summed E-state index contributed by atoms with van der Waals surface area (Å²) in [6.45, 7) is 1.84. The molecule has 0 amide bonds. The molecule has 7 heteroatoms. The molecule has 0 spiro atoms. The maximum Gasteiger partial charge on any atom is 0.309 e. The lowest BCUT2D eigenvalue weighted by atomic mass is 9.91. The van der Waals surface area contributed by atoms with Gasteiger partial charge in [0.05, 0.1) is 16.9 Å². The van der Waals surface area contributed by atoms with Gasteiger partial charge < -0.3 is 5.11 Å². The van der Waals surface area contributed by atoms with Crippen LogP contribution in [0.15, 0.2) is 53.4 Å². The van der Waals surface area contributed by atoms with Gasteiger partial charge in [-0.05, 0) is 36.8 Å². The third kappa shape index (κ3) is 4.85. The van der Waals surface area contributed by atoms with Gasteiger partial charge in [0.1, 0.15) is 0 Å². The Bertz CT molecular complexity index is 916. The number of hydrogen-bond donors (Lipinski definition) is 2. The molecule has 0 aliphatic heterocycles. The van der Waals surface area contributed by atoms with Gasteiger partial charge in [-0.1, -0.05) is 41.4 Å². The highest BCUT2D eigenvalue weighted by atomic mass is 35.5. The summed E-state index contributed by atoms with van der Waals surface area (Å²) in [5.41, 5.74) is 1.38. The number of terminal acetylenes is 1. The van der Waals surface area contributed by atoms with E-state index in [4.69, 9.17) is 18.0 Å². The van der Waals surface area contributed by atoms with Gasteiger partial charge in [0, 0.05) is 11.4 Å². The second kappa shape index (κ2) is 8.37. The van der Waals surface area contributed by atoms with Crippen LogP contribution in [-0.4, -0.2) is 19.5 Å². The number of carbonyl (C=O) groups is 1. The molecule has 26 heavy (non-hydrogen) atoms. The first-order valence-corrected chi connectivity index (χ1v) is 9.61. The van der Waals surface area contributed by atoms with Crippen LogP contribution >= 0.6 is 11.6 Å². The summed E-state index contributed by atoms with van der Waals surface area (Å²) < 4.78 is 28.0. The summed E-state index contributed by atoms with van der Waals surface area (Å²) in [4.78, 5) is 11.7. The molecule has 5 nitrogen and oxygen atoms in total. The predicted octanol–water partition coefficient (Wildman–Crippen LogP) is 3.39. The Labute approximate surface area is 158 Å². The average Bonchev–Trinajstić information content (AvgIpc) is 2.59. The maximum absolute atomic E-state index is 12.7. The van der Waals surface area contributed by atoms with Gasteiger partial charge in [-0.25, -0.2) is 13.1 Å². The van der Waals surface area contributed by atoms with Crippen LogP contribution in [0, 0.1) is 25.2 Å². The number of carboxylic acids is 1. The molecular formula is C19H18ClNO4S. The van der Waals surface area contributed by atoms with Crippen molar-refractivity contribution in [1.29, 1.82) is 0 Å². The summed E-state index contributed by atoms with van der Waals surface area (Å²) in [5.74, 6) is -0.00732. The summed E-state index contributed by atoms with van der Waals surface area (Å²) >= 11 is 5.88. The van der Waals surface area contributed by atoms with E-state index >= 15 is 0 Å². The molecule has 0 saturated heterocycles. The standard InChI is InChI=1S/C19H18ClNO4S/c1-3-4-17(19(22)23)18(14-7-9-15(20)10-8-14)21-26(24,25)16-11-5-13(2)6-12-16/h1,5-12,17-18,21H,4H2,2H3,(H,22,23)/t17-,18-/m1/s1. The number of aryl methyl sites for hydroxylation is 1. The number of hydrogen-bond acceptors (Lipinski definition) is 3. The molecule has 0 unspecified atom stereocenters. The first-order valence-electron chi connectivity index (χ1n) is 7.75. The normalized spacial score (nSPS) is 13.6. The third-order valence-electron chi connectivity index (χ3n) is 3.90. The zero-order valence-corrected chi connectivity index (χ0v) is 15.6. The predicted molar refractivity (Wildman–Crippen MR) is 100 cm³/mol. The van der Waals surface area contributed by atoms with Crippen molar-refractivity contribution in [3.05, 3.63) is 64.7 Å². The van der Waals surface area contributed by atoms with Crippen LogP contribution < -0.4 is 4.72 Å². The van der Waals surface area contributed by atoms with E-state index in [1.807, 2.05) is 6.92 Å². The zero-order valence-electron chi connectivity index (χ0n) is 14.0. The molecule has 0 bridgehead atoms. The van der Waals surface area contributed by atoms with Crippen LogP contribution in [0.1, 0.15) is 23.6 Å². The molecule has 0 aromatic heterocycles. The van der Waals surface area contributed by atoms with Gasteiger partial charge in [0.2, 0.25) is 10.0 Å². The van der Waals surface area contributed by atoms with Crippen molar-refractivity contribution < 1.29 is 18.3 Å². The van der Waals surface area contributed by atoms with E-state index in [0.717, 1.165) is 5.56 Å². The summed E-state index contributed by atoms with van der Waals surface area (Å²) in [6, 6.07) is 11.5. The molecule has 0 saturated carbocycles. The van der Waals surface area contributed by atoms with Crippen molar-refractivity contribution in [2.45, 2.75) is 24.3 Å². The number of sulfonamides is 1. The van der Waals surface area contributed by atoms with Crippen LogP contribution in [0.2, 0.25) is 5.02 Å². The van der Waals surface area contributed by atoms with E-state index in [9.17, 15) is 18.3 Å². The van der Waals surface area contributed by atoms with Crippen LogP contribution in [-0.2, 0) is 14.8 Å². The lowest BCUT2D eigenvalue weighted by Gasteiger charge is -2.24. The van der Waals surface area contributed by atoms with Crippen molar-refractivity contribution in [2.24, 2.45) is 5.92 Å². The van der Waals surface area contributed by atoms with E-state index in [2.05, 4.69) is 10.6 Å². The second-order valence-corrected chi connectivity index (χ2v) is 7.97. The van der Waals surface area contributed by atoms with E-state index in [1.165, 1.54) is 12.1 Å². The lowest BCUT2D eigenvalue weighted by Crippen LogP contribution is -2.36. The van der Waals surface area contributed by atoms with Gasteiger partial charge in [-0.2, -0.15) is 0 Å². The molecular weight excluding hydrogens is 374 g/mol. The first-order chi connectivity index (χ1) is 12.2. The van der Waals surface area contributed by atoms with E-state index in [-0.39, 0.29) is 11.3 Å². The van der Waals surface area contributed by atoms with Crippen molar-refractivity contribution >= 4 is 27.6 Å². The molecule has 2 rings (SSSR count). The average molecular weight is 392 g/mol. The highest BCUT2D eigenvalue weighted by molar-refractivity contribution is 7.89.